The highest BCUT2D eigenvalue weighted by molar-refractivity contribution is 7.11. The van der Waals surface area contributed by atoms with Gasteiger partial charge in [0.15, 0.2) is 0 Å². The van der Waals surface area contributed by atoms with E-state index in [2.05, 4.69) is 5.32 Å². The smallest absolute Gasteiger partial charge is 0.336 e. The molecule has 1 N–H and O–H groups in total. The van der Waals surface area contributed by atoms with Crippen molar-refractivity contribution in [3.05, 3.63) is 27.5 Å². The Balaban J connectivity index is 2.40. The van der Waals surface area contributed by atoms with E-state index in [1.807, 2.05) is 18.4 Å². The standard InChI is InChI=1S/C12H13NO3S/c1-3-16-12(15)8-6-9(14)13-10(8)11-7(2)4-5-17-11/h4-5H,3,6H2,1-2H3,(H,13,14). The van der Waals surface area contributed by atoms with Crippen LogP contribution < -0.4 is 5.32 Å². The summed E-state index contributed by atoms with van der Waals surface area (Å²) in [5.74, 6) is -0.565. The van der Waals surface area contributed by atoms with Crippen LogP contribution in [0.4, 0.5) is 0 Å². The highest BCUT2D eigenvalue weighted by atomic mass is 32.1. The minimum atomic E-state index is -0.409. The van der Waals surface area contributed by atoms with Crippen molar-refractivity contribution in [1.29, 1.82) is 0 Å². The van der Waals surface area contributed by atoms with Crippen LogP contribution in [-0.4, -0.2) is 18.5 Å². The molecule has 0 fully saturated rings. The third kappa shape index (κ3) is 2.24. The van der Waals surface area contributed by atoms with Gasteiger partial charge < -0.3 is 10.1 Å². The first-order chi connectivity index (χ1) is 8.13. The molecule has 0 saturated heterocycles. The van der Waals surface area contributed by atoms with Crippen LogP contribution >= 0.6 is 11.3 Å². The molecule has 0 atom stereocenters. The summed E-state index contributed by atoms with van der Waals surface area (Å²) >= 11 is 1.51. The van der Waals surface area contributed by atoms with Crippen molar-refractivity contribution in [3.8, 4) is 0 Å². The molecular weight excluding hydrogens is 238 g/mol. The minimum absolute atomic E-state index is 0.103. The Morgan fingerprint density at radius 1 is 1.59 bits per heavy atom. The number of hydrogen-bond acceptors (Lipinski definition) is 4. The Morgan fingerprint density at radius 3 is 2.94 bits per heavy atom. The van der Waals surface area contributed by atoms with Gasteiger partial charge in [-0.3, -0.25) is 4.79 Å². The van der Waals surface area contributed by atoms with Gasteiger partial charge in [0, 0.05) is 0 Å². The fourth-order valence-electron chi connectivity index (χ4n) is 1.72. The van der Waals surface area contributed by atoms with Gasteiger partial charge >= 0.3 is 5.97 Å². The molecule has 0 aromatic carbocycles. The van der Waals surface area contributed by atoms with Crippen molar-refractivity contribution in [1.82, 2.24) is 5.32 Å². The van der Waals surface area contributed by atoms with Crippen LogP contribution in [0.3, 0.4) is 0 Å². The van der Waals surface area contributed by atoms with Gasteiger partial charge in [-0.05, 0) is 30.9 Å². The SMILES string of the molecule is CCOC(=O)C1=C(c2sccc2C)NC(=O)C1. The number of thiophene rings is 1. The number of hydrogen-bond donors (Lipinski definition) is 1. The minimum Gasteiger partial charge on any atom is -0.463 e. The zero-order valence-corrected chi connectivity index (χ0v) is 10.5. The third-order valence-corrected chi connectivity index (χ3v) is 3.55. The summed E-state index contributed by atoms with van der Waals surface area (Å²) in [6.45, 7) is 4.01. The van der Waals surface area contributed by atoms with E-state index >= 15 is 0 Å². The zero-order chi connectivity index (χ0) is 12.4. The second-order valence-corrected chi connectivity index (χ2v) is 4.65. The quantitative estimate of drug-likeness (QED) is 0.834. The maximum absolute atomic E-state index is 11.7. The van der Waals surface area contributed by atoms with E-state index in [1.54, 1.807) is 6.92 Å². The maximum atomic E-state index is 11.7. The first kappa shape index (κ1) is 11.9. The predicted molar refractivity (Wildman–Crippen MR) is 65.4 cm³/mol. The van der Waals surface area contributed by atoms with E-state index in [0.29, 0.717) is 17.9 Å². The first-order valence-corrected chi connectivity index (χ1v) is 6.26. The summed E-state index contributed by atoms with van der Waals surface area (Å²) in [5.41, 5.74) is 2.09. The van der Waals surface area contributed by atoms with Gasteiger partial charge in [-0.1, -0.05) is 0 Å². The number of ether oxygens (including phenoxy) is 1. The molecular formula is C12H13NO3S. The van der Waals surface area contributed by atoms with E-state index in [4.69, 9.17) is 4.74 Å². The normalized spacial score (nSPS) is 15.1. The number of rotatable bonds is 3. The van der Waals surface area contributed by atoms with Crippen molar-refractivity contribution in [2.75, 3.05) is 6.61 Å². The zero-order valence-electron chi connectivity index (χ0n) is 9.70. The molecule has 2 rings (SSSR count). The maximum Gasteiger partial charge on any atom is 0.336 e. The molecule has 0 bridgehead atoms. The summed E-state index contributed by atoms with van der Waals surface area (Å²) in [4.78, 5) is 24.1. The highest BCUT2D eigenvalue weighted by Gasteiger charge is 2.29. The summed E-state index contributed by atoms with van der Waals surface area (Å²) < 4.78 is 4.96. The molecule has 0 unspecified atom stereocenters. The lowest BCUT2D eigenvalue weighted by atomic mass is 10.1. The second-order valence-electron chi connectivity index (χ2n) is 3.73. The van der Waals surface area contributed by atoms with Crippen molar-refractivity contribution in [2.24, 2.45) is 0 Å². The predicted octanol–water partition coefficient (Wildman–Crippen LogP) is 1.85. The van der Waals surface area contributed by atoms with Crippen LogP contribution in [0.1, 0.15) is 23.8 Å². The van der Waals surface area contributed by atoms with Gasteiger partial charge in [0.1, 0.15) is 0 Å². The topological polar surface area (TPSA) is 55.4 Å². The molecule has 0 saturated carbocycles. The summed E-state index contributed by atoms with van der Waals surface area (Å²) in [5, 5.41) is 4.67. The molecule has 1 aliphatic heterocycles. The molecule has 4 nitrogen and oxygen atoms in total. The summed E-state index contributed by atoms with van der Waals surface area (Å²) in [7, 11) is 0. The molecule has 1 amide bonds. The van der Waals surface area contributed by atoms with Gasteiger partial charge in [0.25, 0.3) is 0 Å². The summed E-state index contributed by atoms with van der Waals surface area (Å²) in [6.07, 6.45) is 0.103. The lowest BCUT2D eigenvalue weighted by molar-refractivity contribution is -0.139. The number of aryl methyl sites for hydroxylation is 1. The second kappa shape index (κ2) is 4.71. The number of nitrogens with one attached hydrogen (secondary N) is 1. The first-order valence-electron chi connectivity index (χ1n) is 5.38. The monoisotopic (exact) mass is 251 g/mol. The van der Waals surface area contributed by atoms with E-state index in [1.165, 1.54) is 11.3 Å². The average molecular weight is 251 g/mol. The fraction of sp³-hybridized carbons (Fsp3) is 0.333. The largest absolute Gasteiger partial charge is 0.463 e. The molecule has 2 heterocycles. The molecule has 17 heavy (non-hydrogen) atoms. The Hall–Kier alpha value is -1.62. The van der Waals surface area contributed by atoms with Gasteiger partial charge in [-0.25, -0.2) is 4.79 Å². The van der Waals surface area contributed by atoms with Crippen LogP contribution in [0.2, 0.25) is 0 Å². The van der Waals surface area contributed by atoms with Crippen LogP contribution in [0.15, 0.2) is 17.0 Å². The number of carbonyl (C=O) groups excluding carboxylic acids is 2. The molecule has 1 aliphatic rings. The van der Waals surface area contributed by atoms with E-state index in [9.17, 15) is 9.59 Å². The van der Waals surface area contributed by atoms with E-state index in [0.717, 1.165) is 10.4 Å². The van der Waals surface area contributed by atoms with Crippen molar-refractivity contribution < 1.29 is 14.3 Å². The number of esters is 1. The molecule has 1 aromatic rings. The van der Waals surface area contributed by atoms with Crippen LogP contribution in [0, 0.1) is 6.92 Å². The Labute approximate surface area is 103 Å². The van der Waals surface area contributed by atoms with Gasteiger partial charge in [-0.2, -0.15) is 0 Å². The third-order valence-electron chi connectivity index (χ3n) is 2.51. The molecule has 5 heteroatoms. The van der Waals surface area contributed by atoms with Gasteiger partial charge in [-0.15, -0.1) is 11.3 Å². The summed E-state index contributed by atoms with van der Waals surface area (Å²) in [6, 6.07) is 1.96. The van der Waals surface area contributed by atoms with E-state index in [-0.39, 0.29) is 12.3 Å². The molecule has 0 radical (unpaired) electrons. The van der Waals surface area contributed by atoms with Crippen LogP contribution in [0.5, 0.6) is 0 Å². The lowest BCUT2D eigenvalue weighted by Gasteiger charge is -2.05. The number of amides is 1. The Morgan fingerprint density at radius 2 is 2.35 bits per heavy atom. The Bertz CT molecular complexity index is 502. The lowest BCUT2D eigenvalue weighted by Crippen LogP contribution is -2.13. The highest BCUT2D eigenvalue weighted by Crippen LogP contribution is 2.30. The molecule has 0 spiro atoms. The van der Waals surface area contributed by atoms with Crippen molar-refractivity contribution in [2.45, 2.75) is 20.3 Å². The van der Waals surface area contributed by atoms with Gasteiger partial charge in [0.05, 0.1) is 29.2 Å². The Kier molecular flexibility index (Phi) is 3.28. The molecule has 1 aromatic heterocycles. The fourth-order valence-corrected chi connectivity index (χ4v) is 2.68. The van der Waals surface area contributed by atoms with Crippen LogP contribution in [-0.2, 0) is 14.3 Å². The van der Waals surface area contributed by atoms with Gasteiger partial charge in [0.2, 0.25) is 5.91 Å². The number of carbonyl (C=O) groups is 2. The average Bonchev–Trinajstić information content (AvgIpc) is 2.84. The van der Waals surface area contributed by atoms with E-state index < -0.39 is 5.97 Å². The van der Waals surface area contributed by atoms with Crippen molar-refractivity contribution >= 4 is 28.9 Å². The van der Waals surface area contributed by atoms with Crippen molar-refractivity contribution in [3.63, 3.8) is 0 Å². The molecule has 0 aliphatic carbocycles. The van der Waals surface area contributed by atoms with Crippen LogP contribution in [0.25, 0.3) is 5.70 Å². The molecule has 90 valence electrons.